The molecule has 0 spiro atoms. The molecule has 1 heterocycles. The highest BCUT2D eigenvalue weighted by Gasteiger charge is 1.95. The lowest BCUT2D eigenvalue weighted by molar-refractivity contribution is 0.160. The molecule has 0 aliphatic rings. The van der Waals surface area contributed by atoms with E-state index < -0.39 is 5.69 Å². The van der Waals surface area contributed by atoms with Gasteiger partial charge >= 0.3 is 5.69 Å². The van der Waals surface area contributed by atoms with Crippen molar-refractivity contribution in [3.63, 3.8) is 0 Å². The zero-order valence-corrected chi connectivity index (χ0v) is 10.3. The van der Waals surface area contributed by atoms with Gasteiger partial charge in [0.1, 0.15) is 19.0 Å². The van der Waals surface area contributed by atoms with E-state index in [1.165, 1.54) is 6.20 Å². The first-order chi connectivity index (χ1) is 8.76. The van der Waals surface area contributed by atoms with Gasteiger partial charge in [-0.3, -0.25) is 4.98 Å². The smallest absolute Gasteiger partial charge is 0.347 e. The first kappa shape index (κ1) is 13.8. The van der Waals surface area contributed by atoms with Crippen LogP contribution in [0.1, 0.15) is 6.92 Å². The van der Waals surface area contributed by atoms with Crippen LogP contribution in [0.3, 0.4) is 0 Å². The summed E-state index contributed by atoms with van der Waals surface area (Å²) in [6.07, 6.45) is 8.56. The van der Waals surface area contributed by atoms with Crippen molar-refractivity contribution in [3.05, 3.63) is 59.4 Å². The quantitative estimate of drug-likeness (QED) is 0.454. The van der Waals surface area contributed by atoms with E-state index in [9.17, 15) is 4.79 Å². The summed E-state index contributed by atoms with van der Waals surface area (Å²) in [6, 6.07) is 1.57. The number of aromatic amines is 1. The number of allylic oxidation sites excluding steroid dienone is 4. The molecule has 0 bridgehead atoms. The van der Waals surface area contributed by atoms with Crippen LogP contribution < -0.4 is 10.4 Å². The van der Waals surface area contributed by atoms with E-state index in [4.69, 9.17) is 9.47 Å². The summed E-state index contributed by atoms with van der Waals surface area (Å²) in [4.78, 5) is 16.8. The van der Waals surface area contributed by atoms with Gasteiger partial charge in [-0.15, -0.1) is 0 Å². The van der Waals surface area contributed by atoms with Crippen molar-refractivity contribution in [2.24, 2.45) is 0 Å². The van der Waals surface area contributed by atoms with Gasteiger partial charge in [-0.25, -0.2) is 9.78 Å². The van der Waals surface area contributed by atoms with Crippen molar-refractivity contribution in [3.8, 4) is 5.88 Å². The Morgan fingerprint density at radius 3 is 3.06 bits per heavy atom. The lowest BCUT2D eigenvalue weighted by Crippen LogP contribution is -2.13. The van der Waals surface area contributed by atoms with E-state index in [2.05, 4.69) is 16.5 Å². The topological polar surface area (TPSA) is 64.2 Å². The van der Waals surface area contributed by atoms with Crippen LogP contribution in [0.5, 0.6) is 5.88 Å². The lowest BCUT2D eigenvalue weighted by atomic mass is 10.4. The Bertz CT molecular complexity index is 489. The Labute approximate surface area is 105 Å². The fourth-order valence-corrected chi connectivity index (χ4v) is 1.11. The first-order valence-corrected chi connectivity index (χ1v) is 5.52. The van der Waals surface area contributed by atoms with Gasteiger partial charge in [0.15, 0.2) is 5.88 Å². The number of nitrogens with one attached hydrogen (secondary N) is 1. The molecule has 0 atom stereocenters. The van der Waals surface area contributed by atoms with Crippen LogP contribution in [0.4, 0.5) is 0 Å². The highest BCUT2D eigenvalue weighted by atomic mass is 16.5. The molecule has 1 aromatic heterocycles. The molecule has 0 unspecified atom stereocenters. The number of hydrogen-bond acceptors (Lipinski definition) is 4. The van der Waals surface area contributed by atoms with E-state index in [1.54, 1.807) is 18.2 Å². The SMILES string of the molecule is C=C/C(=C\C=C/C)OCCOc1ccnc(=O)[nH]1. The van der Waals surface area contributed by atoms with Crippen molar-refractivity contribution in [2.75, 3.05) is 13.2 Å². The van der Waals surface area contributed by atoms with Gasteiger partial charge in [-0.1, -0.05) is 18.7 Å². The molecule has 1 rings (SSSR count). The molecule has 5 nitrogen and oxygen atoms in total. The molecular weight excluding hydrogens is 232 g/mol. The Hall–Kier alpha value is -2.30. The van der Waals surface area contributed by atoms with Crippen molar-refractivity contribution >= 4 is 0 Å². The van der Waals surface area contributed by atoms with E-state index in [0.717, 1.165) is 0 Å². The summed E-state index contributed by atoms with van der Waals surface area (Å²) < 4.78 is 10.7. The fraction of sp³-hybridized carbons (Fsp3) is 0.231. The molecule has 0 fully saturated rings. The van der Waals surface area contributed by atoms with Gasteiger partial charge in [0, 0.05) is 12.3 Å². The third-order valence-electron chi connectivity index (χ3n) is 1.91. The third-order valence-corrected chi connectivity index (χ3v) is 1.91. The number of rotatable bonds is 7. The highest BCUT2D eigenvalue weighted by Crippen LogP contribution is 2.02. The zero-order chi connectivity index (χ0) is 13.2. The maximum Gasteiger partial charge on any atom is 0.347 e. The normalized spacial score (nSPS) is 11.5. The average Bonchev–Trinajstić information content (AvgIpc) is 2.38. The van der Waals surface area contributed by atoms with Crippen LogP contribution in [0, 0.1) is 0 Å². The first-order valence-electron chi connectivity index (χ1n) is 5.52. The molecule has 5 heteroatoms. The second-order valence-corrected chi connectivity index (χ2v) is 3.24. The Balaban J connectivity index is 2.34. The third kappa shape index (κ3) is 5.16. The summed E-state index contributed by atoms with van der Waals surface area (Å²) in [5, 5.41) is 0. The minimum absolute atomic E-state index is 0.320. The monoisotopic (exact) mass is 248 g/mol. The fourth-order valence-electron chi connectivity index (χ4n) is 1.11. The van der Waals surface area contributed by atoms with Gasteiger partial charge in [-0.2, -0.15) is 0 Å². The van der Waals surface area contributed by atoms with Crippen LogP contribution in [0.2, 0.25) is 0 Å². The summed E-state index contributed by atoms with van der Waals surface area (Å²) in [6.45, 7) is 6.24. The van der Waals surface area contributed by atoms with Gasteiger partial charge in [0.25, 0.3) is 0 Å². The van der Waals surface area contributed by atoms with E-state index in [1.807, 2.05) is 19.1 Å². The van der Waals surface area contributed by atoms with Gasteiger partial charge in [-0.05, 0) is 19.1 Å². The number of H-pyrrole nitrogens is 1. The number of ether oxygens (including phenoxy) is 2. The van der Waals surface area contributed by atoms with Gasteiger partial charge < -0.3 is 9.47 Å². The molecule has 0 radical (unpaired) electrons. The minimum atomic E-state index is -0.437. The van der Waals surface area contributed by atoms with Crippen LogP contribution in [0.15, 0.2) is 53.7 Å². The molecule has 96 valence electrons. The minimum Gasteiger partial charge on any atom is -0.490 e. The average molecular weight is 248 g/mol. The molecule has 1 N–H and O–H groups in total. The predicted octanol–water partition coefficient (Wildman–Crippen LogP) is 1.81. The van der Waals surface area contributed by atoms with Crippen molar-refractivity contribution < 1.29 is 9.47 Å². The lowest BCUT2D eigenvalue weighted by Gasteiger charge is -2.07. The highest BCUT2D eigenvalue weighted by molar-refractivity contribution is 5.15. The molecule has 0 aromatic carbocycles. The molecule has 0 aliphatic heterocycles. The molecule has 0 saturated carbocycles. The molecule has 0 saturated heterocycles. The summed E-state index contributed by atoms with van der Waals surface area (Å²) in [5.74, 6) is 1.04. The van der Waals surface area contributed by atoms with Gasteiger partial charge in [0.2, 0.25) is 0 Å². The summed E-state index contributed by atoms with van der Waals surface area (Å²) in [7, 11) is 0. The molecule has 1 aromatic rings. The Kier molecular flexibility index (Phi) is 6.03. The van der Waals surface area contributed by atoms with E-state index >= 15 is 0 Å². The standard InChI is InChI=1S/C13H16N2O3/c1-3-5-6-11(4-2)17-9-10-18-12-7-8-14-13(16)15-12/h3-8H,2,9-10H2,1H3,(H,14,15,16)/b5-3-,11-6+. The van der Waals surface area contributed by atoms with E-state index in [0.29, 0.717) is 24.9 Å². The largest absolute Gasteiger partial charge is 0.490 e. The second-order valence-electron chi connectivity index (χ2n) is 3.24. The van der Waals surface area contributed by atoms with Crippen LogP contribution in [-0.2, 0) is 4.74 Å². The maximum absolute atomic E-state index is 10.9. The van der Waals surface area contributed by atoms with Crippen molar-refractivity contribution in [1.82, 2.24) is 9.97 Å². The number of aromatic nitrogens is 2. The zero-order valence-electron chi connectivity index (χ0n) is 10.3. The van der Waals surface area contributed by atoms with Crippen LogP contribution in [0.25, 0.3) is 0 Å². The number of nitrogens with zero attached hydrogens (tertiary/aromatic N) is 1. The Morgan fingerprint density at radius 2 is 2.39 bits per heavy atom. The predicted molar refractivity (Wildman–Crippen MR) is 69.4 cm³/mol. The van der Waals surface area contributed by atoms with Crippen molar-refractivity contribution in [2.45, 2.75) is 6.92 Å². The molecule has 0 amide bonds. The second kappa shape index (κ2) is 7.89. The molecule has 18 heavy (non-hydrogen) atoms. The van der Waals surface area contributed by atoms with Crippen LogP contribution in [-0.4, -0.2) is 23.2 Å². The maximum atomic E-state index is 10.9. The summed E-state index contributed by atoms with van der Waals surface area (Å²) >= 11 is 0. The van der Waals surface area contributed by atoms with Crippen molar-refractivity contribution in [1.29, 1.82) is 0 Å². The molecule has 0 aliphatic carbocycles. The molecular formula is C13H16N2O3. The van der Waals surface area contributed by atoms with Gasteiger partial charge in [0.05, 0.1) is 0 Å². The Morgan fingerprint density at radius 1 is 1.56 bits per heavy atom. The van der Waals surface area contributed by atoms with E-state index in [-0.39, 0.29) is 0 Å². The summed E-state index contributed by atoms with van der Waals surface area (Å²) in [5.41, 5.74) is -0.437. The number of hydrogen-bond donors (Lipinski definition) is 1. The van der Waals surface area contributed by atoms with Crippen LogP contribution >= 0.6 is 0 Å².